The molecule has 1 fully saturated rings. The molecule has 1 saturated carbocycles. The van der Waals surface area contributed by atoms with E-state index in [0.29, 0.717) is 12.8 Å². The molecule has 1 aromatic rings. The summed E-state index contributed by atoms with van der Waals surface area (Å²) in [4.78, 5) is 46.0. The molecule has 0 unspecified atom stereocenters. The van der Waals surface area contributed by atoms with E-state index in [1.807, 2.05) is 0 Å². The SMILES string of the molecule is CC(C)(C)OC(=O)N(C(=O)OC(C)(C)C)c1cnc(C2CCC(=O)CC2)cn1. The van der Waals surface area contributed by atoms with Crippen molar-refractivity contribution in [2.24, 2.45) is 0 Å². The topological polar surface area (TPSA) is 98.7 Å². The summed E-state index contributed by atoms with van der Waals surface area (Å²) < 4.78 is 10.7. The first kappa shape index (κ1) is 21.8. The van der Waals surface area contributed by atoms with Crippen LogP contribution in [0.25, 0.3) is 0 Å². The molecule has 1 heterocycles. The molecule has 1 aliphatic carbocycles. The van der Waals surface area contributed by atoms with Crippen LogP contribution in [-0.2, 0) is 14.3 Å². The summed E-state index contributed by atoms with van der Waals surface area (Å²) >= 11 is 0. The van der Waals surface area contributed by atoms with E-state index in [-0.39, 0.29) is 17.5 Å². The predicted molar refractivity (Wildman–Crippen MR) is 103 cm³/mol. The van der Waals surface area contributed by atoms with Crippen LogP contribution in [0.4, 0.5) is 15.4 Å². The van der Waals surface area contributed by atoms with Gasteiger partial charge in [-0.05, 0) is 54.4 Å². The van der Waals surface area contributed by atoms with Crippen LogP contribution in [0.3, 0.4) is 0 Å². The molecule has 2 rings (SSSR count). The fourth-order valence-corrected chi connectivity index (χ4v) is 2.77. The minimum absolute atomic E-state index is 0.0270. The van der Waals surface area contributed by atoms with Crippen molar-refractivity contribution in [3.05, 3.63) is 18.1 Å². The summed E-state index contributed by atoms with van der Waals surface area (Å²) in [5, 5.41) is 0. The van der Waals surface area contributed by atoms with Crippen LogP contribution >= 0.6 is 0 Å². The molecular weight excluding hydrogens is 362 g/mol. The van der Waals surface area contributed by atoms with Crippen LogP contribution in [0, 0.1) is 0 Å². The van der Waals surface area contributed by atoms with Gasteiger partial charge in [-0.15, -0.1) is 0 Å². The summed E-state index contributed by atoms with van der Waals surface area (Å²) in [5.41, 5.74) is -0.844. The second-order valence-electron chi connectivity index (χ2n) is 8.91. The second-order valence-corrected chi connectivity index (χ2v) is 8.91. The first-order valence-electron chi connectivity index (χ1n) is 9.45. The molecule has 1 aliphatic rings. The van der Waals surface area contributed by atoms with Gasteiger partial charge in [0.1, 0.15) is 17.0 Å². The van der Waals surface area contributed by atoms with Gasteiger partial charge in [-0.2, -0.15) is 4.90 Å². The molecule has 0 radical (unpaired) electrons. The van der Waals surface area contributed by atoms with Gasteiger partial charge in [-0.1, -0.05) is 0 Å². The van der Waals surface area contributed by atoms with Gasteiger partial charge >= 0.3 is 12.2 Å². The van der Waals surface area contributed by atoms with E-state index < -0.39 is 23.4 Å². The third-order valence-electron chi connectivity index (χ3n) is 4.00. The van der Waals surface area contributed by atoms with Crippen LogP contribution in [0.15, 0.2) is 12.4 Å². The van der Waals surface area contributed by atoms with E-state index in [1.54, 1.807) is 41.5 Å². The first-order chi connectivity index (χ1) is 12.9. The number of imide groups is 1. The van der Waals surface area contributed by atoms with E-state index >= 15 is 0 Å². The predicted octanol–water partition coefficient (Wildman–Crippen LogP) is 4.38. The Kier molecular flexibility index (Phi) is 6.41. The van der Waals surface area contributed by atoms with Gasteiger partial charge in [-0.3, -0.25) is 9.78 Å². The summed E-state index contributed by atoms with van der Waals surface area (Å²) in [6.45, 7) is 10.2. The van der Waals surface area contributed by atoms with E-state index in [9.17, 15) is 14.4 Å². The summed E-state index contributed by atoms with van der Waals surface area (Å²) in [5.74, 6) is 0.441. The molecular formula is C20H29N3O5. The standard InChI is InChI=1S/C20H29N3O5/c1-19(2,3)27-17(25)23(18(26)28-20(4,5)6)16-12-21-15(11-22-16)13-7-9-14(24)10-8-13/h11-13H,7-10H2,1-6H3. The number of ketones is 1. The maximum atomic E-state index is 12.6. The highest BCUT2D eigenvalue weighted by Crippen LogP contribution is 2.30. The van der Waals surface area contributed by atoms with Crippen molar-refractivity contribution >= 4 is 23.8 Å². The Bertz CT molecular complexity index is 694. The second kappa shape index (κ2) is 8.24. The van der Waals surface area contributed by atoms with Crippen LogP contribution < -0.4 is 4.90 Å². The number of hydrogen-bond donors (Lipinski definition) is 0. The molecule has 0 aromatic carbocycles. The average Bonchev–Trinajstić information content (AvgIpc) is 2.53. The van der Waals surface area contributed by atoms with Crippen LogP contribution in [0.5, 0.6) is 0 Å². The number of Topliss-reactive ketones (excluding diaryl/α,β-unsaturated/α-hetero) is 1. The van der Waals surface area contributed by atoms with Crippen LogP contribution in [-0.4, -0.2) is 39.1 Å². The molecule has 0 bridgehead atoms. The number of ether oxygens (including phenoxy) is 2. The monoisotopic (exact) mass is 391 g/mol. The highest BCUT2D eigenvalue weighted by Gasteiger charge is 2.34. The van der Waals surface area contributed by atoms with Crippen molar-refractivity contribution in [3.8, 4) is 0 Å². The Balaban J connectivity index is 2.25. The fraction of sp³-hybridized carbons (Fsp3) is 0.650. The Morgan fingerprint density at radius 1 is 0.929 bits per heavy atom. The van der Waals surface area contributed by atoms with Gasteiger partial charge in [-0.25, -0.2) is 14.6 Å². The number of carbonyl (C=O) groups is 3. The maximum Gasteiger partial charge on any atom is 0.425 e. The van der Waals surface area contributed by atoms with Gasteiger partial charge in [0.15, 0.2) is 5.82 Å². The van der Waals surface area contributed by atoms with E-state index in [2.05, 4.69) is 9.97 Å². The lowest BCUT2D eigenvalue weighted by molar-refractivity contribution is -0.120. The molecule has 28 heavy (non-hydrogen) atoms. The molecule has 8 nitrogen and oxygen atoms in total. The third kappa shape index (κ3) is 6.28. The lowest BCUT2D eigenvalue weighted by Gasteiger charge is -2.28. The number of nitrogens with zero attached hydrogens (tertiary/aromatic N) is 3. The van der Waals surface area contributed by atoms with Crippen molar-refractivity contribution in [2.45, 2.75) is 84.3 Å². The Labute approximate surface area is 165 Å². The molecule has 0 atom stereocenters. The van der Waals surface area contributed by atoms with Crippen LogP contribution in [0.1, 0.15) is 78.8 Å². The zero-order chi connectivity index (χ0) is 21.1. The van der Waals surface area contributed by atoms with Crippen molar-refractivity contribution in [1.29, 1.82) is 0 Å². The lowest BCUT2D eigenvalue weighted by atomic mass is 9.86. The highest BCUT2D eigenvalue weighted by molar-refractivity contribution is 6.08. The quantitative estimate of drug-likeness (QED) is 0.737. The summed E-state index contributed by atoms with van der Waals surface area (Å²) in [7, 11) is 0. The van der Waals surface area contributed by atoms with Crippen LogP contribution in [0.2, 0.25) is 0 Å². The number of amides is 2. The lowest BCUT2D eigenvalue weighted by Crippen LogP contribution is -2.44. The minimum atomic E-state index is -0.882. The van der Waals surface area contributed by atoms with Crippen molar-refractivity contribution in [2.75, 3.05) is 4.90 Å². The number of anilines is 1. The van der Waals surface area contributed by atoms with E-state index in [4.69, 9.17) is 9.47 Å². The van der Waals surface area contributed by atoms with Gasteiger partial charge in [0.05, 0.1) is 18.1 Å². The van der Waals surface area contributed by atoms with Crippen molar-refractivity contribution < 1.29 is 23.9 Å². The maximum absolute atomic E-state index is 12.6. The fourth-order valence-electron chi connectivity index (χ4n) is 2.77. The molecule has 0 spiro atoms. The molecule has 0 saturated heterocycles. The highest BCUT2D eigenvalue weighted by atomic mass is 16.6. The number of hydrogen-bond acceptors (Lipinski definition) is 7. The van der Waals surface area contributed by atoms with Gasteiger partial charge in [0.2, 0.25) is 0 Å². The summed E-state index contributed by atoms with van der Waals surface area (Å²) in [6, 6.07) is 0. The molecule has 154 valence electrons. The van der Waals surface area contributed by atoms with E-state index in [0.717, 1.165) is 23.4 Å². The van der Waals surface area contributed by atoms with Gasteiger partial charge in [0, 0.05) is 18.8 Å². The first-order valence-corrected chi connectivity index (χ1v) is 9.45. The van der Waals surface area contributed by atoms with E-state index in [1.165, 1.54) is 12.4 Å². The van der Waals surface area contributed by atoms with Gasteiger partial charge in [0.25, 0.3) is 0 Å². The molecule has 8 heteroatoms. The van der Waals surface area contributed by atoms with Crippen molar-refractivity contribution in [1.82, 2.24) is 9.97 Å². The number of carbonyl (C=O) groups excluding carboxylic acids is 3. The Morgan fingerprint density at radius 3 is 1.82 bits per heavy atom. The number of aromatic nitrogens is 2. The zero-order valence-corrected chi connectivity index (χ0v) is 17.4. The Morgan fingerprint density at radius 2 is 1.43 bits per heavy atom. The number of rotatable bonds is 2. The zero-order valence-electron chi connectivity index (χ0n) is 17.4. The normalized spacial score (nSPS) is 15.9. The van der Waals surface area contributed by atoms with Crippen molar-refractivity contribution in [3.63, 3.8) is 0 Å². The molecule has 2 amide bonds. The molecule has 0 aliphatic heterocycles. The molecule has 0 N–H and O–H groups in total. The minimum Gasteiger partial charge on any atom is -0.443 e. The van der Waals surface area contributed by atoms with Gasteiger partial charge < -0.3 is 9.47 Å². The average molecular weight is 391 g/mol. The Hall–Kier alpha value is -2.51. The largest absolute Gasteiger partial charge is 0.443 e. The summed E-state index contributed by atoms with van der Waals surface area (Å²) in [6.07, 6.45) is 3.67. The molecule has 1 aromatic heterocycles. The third-order valence-corrected chi connectivity index (χ3v) is 4.00. The smallest absolute Gasteiger partial charge is 0.425 e.